The molecular formula is C14H21N5O3. The van der Waals surface area contributed by atoms with E-state index in [0.717, 1.165) is 6.42 Å². The van der Waals surface area contributed by atoms with E-state index in [1.165, 1.54) is 12.3 Å². The minimum Gasteiger partial charge on any atom is -0.365 e. The summed E-state index contributed by atoms with van der Waals surface area (Å²) in [5, 5.41) is 13.8. The molecular weight excluding hydrogens is 286 g/mol. The Morgan fingerprint density at radius 2 is 2.27 bits per heavy atom. The summed E-state index contributed by atoms with van der Waals surface area (Å²) in [6, 6.07) is 2.91. The van der Waals surface area contributed by atoms with Crippen molar-refractivity contribution in [3.8, 4) is 0 Å². The number of aromatic nitrogens is 1. The zero-order valence-electron chi connectivity index (χ0n) is 12.7. The van der Waals surface area contributed by atoms with E-state index in [1.54, 1.807) is 11.0 Å². The number of carbonyl (C=O) groups is 1. The second kappa shape index (κ2) is 6.69. The minimum atomic E-state index is -0.484. The Morgan fingerprint density at radius 3 is 2.82 bits per heavy atom. The van der Waals surface area contributed by atoms with Gasteiger partial charge in [0.25, 0.3) is 5.69 Å². The number of nitrogens with two attached hydrogens (primary N) is 1. The van der Waals surface area contributed by atoms with Gasteiger partial charge in [-0.2, -0.15) is 0 Å². The third kappa shape index (κ3) is 3.70. The lowest BCUT2D eigenvalue weighted by Gasteiger charge is -2.23. The van der Waals surface area contributed by atoms with Crippen LogP contribution in [0.2, 0.25) is 0 Å². The summed E-state index contributed by atoms with van der Waals surface area (Å²) in [6.45, 7) is 4.94. The van der Waals surface area contributed by atoms with Gasteiger partial charge in [-0.25, -0.2) is 4.98 Å². The van der Waals surface area contributed by atoms with E-state index in [-0.39, 0.29) is 29.6 Å². The van der Waals surface area contributed by atoms with Gasteiger partial charge in [-0.1, -0.05) is 6.92 Å². The van der Waals surface area contributed by atoms with Gasteiger partial charge in [0.1, 0.15) is 12.0 Å². The van der Waals surface area contributed by atoms with Crippen molar-refractivity contribution in [1.82, 2.24) is 9.88 Å². The number of amides is 1. The molecule has 3 unspecified atom stereocenters. The molecule has 1 aromatic rings. The largest absolute Gasteiger partial charge is 0.365 e. The molecule has 0 bridgehead atoms. The van der Waals surface area contributed by atoms with Gasteiger partial charge < -0.3 is 16.0 Å². The zero-order chi connectivity index (χ0) is 16.3. The van der Waals surface area contributed by atoms with Gasteiger partial charge in [0.15, 0.2) is 0 Å². The van der Waals surface area contributed by atoms with E-state index in [9.17, 15) is 14.9 Å². The van der Waals surface area contributed by atoms with Crippen LogP contribution in [0.4, 0.5) is 11.5 Å². The molecule has 22 heavy (non-hydrogen) atoms. The predicted octanol–water partition coefficient (Wildman–Crippen LogP) is 0.986. The molecule has 1 aromatic heterocycles. The molecule has 1 aliphatic rings. The highest BCUT2D eigenvalue weighted by Crippen LogP contribution is 2.18. The predicted molar refractivity (Wildman–Crippen MR) is 82.3 cm³/mol. The summed E-state index contributed by atoms with van der Waals surface area (Å²) in [6.07, 6.45) is 2.04. The van der Waals surface area contributed by atoms with Crippen molar-refractivity contribution in [2.75, 3.05) is 18.4 Å². The molecule has 8 nitrogen and oxygen atoms in total. The summed E-state index contributed by atoms with van der Waals surface area (Å²) in [7, 11) is 0. The molecule has 0 radical (unpaired) electrons. The highest BCUT2D eigenvalue weighted by Gasteiger charge is 2.30. The van der Waals surface area contributed by atoms with E-state index in [2.05, 4.69) is 10.3 Å². The molecule has 0 aliphatic carbocycles. The number of hydrogen-bond donors (Lipinski definition) is 2. The number of rotatable bonds is 5. The lowest BCUT2D eigenvalue weighted by atomic mass is 10.0. The standard InChI is InChI=1S/C14H21N5O3/c1-9(10(2)15)14(20)18-6-5-11(8-18)17-13-4-3-12(7-16-13)19(21)22/h3-4,7,9-11H,5-6,8,15H2,1-2H3,(H,16,17). The maximum Gasteiger partial charge on any atom is 0.287 e. The molecule has 1 saturated heterocycles. The molecule has 0 aromatic carbocycles. The third-order valence-electron chi connectivity index (χ3n) is 3.99. The Bertz CT molecular complexity index is 546. The average Bonchev–Trinajstić information content (AvgIpc) is 2.94. The third-order valence-corrected chi connectivity index (χ3v) is 3.99. The fourth-order valence-corrected chi connectivity index (χ4v) is 2.38. The second-order valence-electron chi connectivity index (χ2n) is 5.72. The van der Waals surface area contributed by atoms with Gasteiger partial charge in [0, 0.05) is 31.2 Å². The van der Waals surface area contributed by atoms with Crippen LogP contribution in [0.3, 0.4) is 0 Å². The Labute approximate surface area is 128 Å². The van der Waals surface area contributed by atoms with E-state index in [4.69, 9.17) is 5.73 Å². The Morgan fingerprint density at radius 1 is 1.55 bits per heavy atom. The Balaban J connectivity index is 1.91. The van der Waals surface area contributed by atoms with E-state index < -0.39 is 4.92 Å². The first-order valence-electron chi connectivity index (χ1n) is 7.30. The zero-order valence-corrected chi connectivity index (χ0v) is 12.7. The monoisotopic (exact) mass is 307 g/mol. The molecule has 8 heteroatoms. The number of pyridine rings is 1. The Hall–Kier alpha value is -2.22. The maximum absolute atomic E-state index is 12.2. The van der Waals surface area contributed by atoms with Crippen LogP contribution >= 0.6 is 0 Å². The minimum absolute atomic E-state index is 0.0421. The fraction of sp³-hybridized carbons (Fsp3) is 0.571. The average molecular weight is 307 g/mol. The quantitative estimate of drug-likeness (QED) is 0.619. The van der Waals surface area contributed by atoms with Gasteiger partial charge >= 0.3 is 0 Å². The van der Waals surface area contributed by atoms with Crippen LogP contribution in [0, 0.1) is 16.0 Å². The van der Waals surface area contributed by atoms with Crippen molar-refractivity contribution >= 4 is 17.4 Å². The van der Waals surface area contributed by atoms with Gasteiger partial charge in [-0.15, -0.1) is 0 Å². The van der Waals surface area contributed by atoms with E-state index >= 15 is 0 Å². The molecule has 1 fully saturated rings. The van der Waals surface area contributed by atoms with Crippen LogP contribution in [0.15, 0.2) is 18.3 Å². The van der Waals surface area contributed by atoms with E-state index in [1.807, 2.05) is 13.8 Å². The van der Waals surface area contributed by atoms with Crippen LogP contribution in [0.25, 0.3) is 0 Å². The fourth-order valence-electron chi connectivity index (χ4n) is 2.38. The topological polar surface area (TPSA) is 114 Å². The van der Waals surface area contributed by atoms with Crippen LogP contribution in [-0.2, 0) is 4.79 Å². The van der Waals surface area contributed by atoms with Gasteiger partial charge in [0.2, 0.25) is 5.91 Å². The molecule has 120 valence electrons. The van der Waals surface area contributed by atoms with Gasteiger partial charge in [0.05, 0.1) is 10.8 Å². The second-order valence-corrected chi connectivity index (χ2v) is 5.72. The van der Waals surface area contributed by atoms with Crippen LogP contribution in [0.5, 0.6) is 0 Å². The first kappa shape index (κ1) is 16.2. The van der Waals surface area contributed by atoms with E-state index in [0.29, 0.717) is 18.9 Å². The maximum atomic E-state index is 12.2. The summed E-state index contributed by atoms with van der Waals surface area (Å²) in [5.74, 6) is 0.442. The van der Waals surface area contributed by atoms with Crippen LogP contribution in [-0.4, -0.2) is 45.9 Å². The molecule has 0 spiro atoms. The van der Waals surface area contributed by atoms with Crippen LogP contribution < -0.4 is 11.1 Å². The lowest BCUT2D eigenvalue weighted by Crippen LogP contribution is -2.41. The molecule has 0 saturated carbocycles. The number of nitrogens with zero attached hydrogens (tertiary/aromatic N) is 3. The lowest BCUT2D eigenvalue weighted by molar-refractivity contribution is -0.385. The normalized spacial score (nSPS) is 20.5. The summed E-state index contributed by atoms with van der Waals surface area (Å²) < 4.78 is 0. The van der Waals surface area contributed by atoms with Crippen molar-refractivity contribution in [2.24, 2.45) is 11.7 Å². The number of likely N-dealkylation sites (tertiary alicyclic amines) is 1. The number of nitrogens with one attached hydrogen (secondary N) is 1. The summed E-state index contributed by atoms with van der Waals surface area (Å²) >= 11 is 0. The Kier molecular flexibility index (Phi) is 4.92. The molecule has 1 aliphatic heterocycles. The van der Waals surface area contributed by atoms with Crippen molar-refractivity contribution in [3.63, 3.8) is 0 Å². The van der Waals surface area contributed by atoms with Crippen molar-refractivity contribution in [2.45, 2.75) is 32.4 Å². The van der Waals surface area contributed by atoms with Crippen LogP contribution in [0.1, 0.15) is 20.3 Å². The van der Waals surface area contributed by atoms with Gasteiger partial charge in [-0.05, 0) is 19.4 Å². The first-order chi connectivity index (χ1) is 10.4. The van der Waals surface area contributed by atoms with Crippen molar-refractivity contribution < 1.29 is 9.72 Å². The number of carbonyl (C=O) groups excluding carboxylic acids is 1. The summed E-state index contributed by atoms with van der Waals surface area (Å²) in [4.78, 5) is 28.2. The van der Waals surface area contributed by atoms with Gasteiger partial charge in [-0.3, -0.25) is 14.9 Å². The van der Waals surface area contributed by atoms with Crippen molar-refractivity contribution in [3.05, 3.63) is 28.4 Å². The highest BCUT2D eigenvalue weighted by molar-refractivity contribution is 5.79. The number of anilines is 1. The first-order valence-corrected chi connectivity index (χ1v) is 7.30. The number of nitro groups is 1. The SMILES string of the molecule is CC(N)C(C)C(=O)N1CCC(Nc2ccc([N+](=O)[O-])cn2)C1. The summed E-state index contributed by atoms with van der Waals surface area (Å²) in [5.41, 5.74) is 5.73. The molecule has 1 amide bonds. The number of hydrogen-bond acceptors (Lipinski definition) is 6. The molecule has 3 N–H and O–H groups in total. The van der Waals surface area contributed by atoms with Crippen molar-refractivity contribution in [1.29, 1.82) is 0 Å². The highest BCUT2D eigenvalue weighted by atomic mass is 16.6. The smallest absolute Gasteiger partial charge is 0.287 e. The molecule has 2 heterocycles. The molecule has 2 rings (SSSR count). The molecule has 3 atom stereocenters.